The Kier molecular flexibility index (Phi) is 3.81. The molecule has 23 heavy (non-hydrogen) atoms. The number of aromatic nitrogens is 5. The second-order valence-corrected chi connectivity index (χ2v) is 6.03. The molecule has 1 aliphatic heterocycles. The predicted octanol–water partition coefficient (Wildman–Crippen LogP) is 2.81. The van der Waals surface area contributed by atoms with Crippen LogP contribution in [0.25, 0.3) is 0 Å². The van der Waals surface area contributed by atoms with E-state index in [-0.39, 0.29) is 6.04 Å². The molecule has 1 fully saturated rings. The molecule has 0 radical (unpaired) electrons. The molecule has 3 aromatic rings. The van der Waals surface area contributed by atoms with Crippen molar-refractivity contribution in [2.24, 2.45) is 0 Å². The molecular formula is C15H15N7S. The fourth-order valence-corrected chi connectivity index (χ4v) is 3.46. The molecule has 0 saturated carbocycles. The monoisotopic (exact) mass is 325 g/mol. The van der Waals surface area contributed by atoms with Crippen molar-refractivity contribution in [3.63, 3.8) is 0 Å². The molecule has 7 nitrogen and oxygen atoms in total. The zero-order valence-electron chi connectivity index (χ0n) is 12.3. The number of rotatable bonds is 4. The third kappa shape index (κ3) is 2.98. The third-order valence-electron chi connectivity index (χ3n) is 3.71. The predicted molar refractivity (Wildman–Crippen MR) is 88.8 cm³/mol. The topological polar surface area (TPSA) is 79.7 Å². The Morgan fingerprint density at radius 1 is 1.04 bits per heavy atom. The lowest BCUT2D eigenvalue weighted by Gasteiger charge is -2.22. The first-order valence-corrected chi connectivity index (χ1v) is 8.31. The van der Waals surface area contributed by atoms with Crippen LogP contribution in [0.4, 0.5) is 17.0 Å². The van der Waals surface area contributed by atoms with E-state index in [2.05, 4.69) is 35.5 Å². The summed E-state index contributed by atoms with van der Waals surface area (Å²) < 4.78 is 0. The van der Waals surface area contributed by atoms with E-state index < -0.39 is 0 Å². The van der Waals surface area contributed by atoms with E-state index in [0.29, 0.717) is 5.95 Å². The van der Waals surface area contributed by atoms with Gasteiger partial charge in [-0.1, -0.05) is 0 Å². The highest BCUT2D eigenvalue weighted by Crippen LogP contribution is 2.35. The molecule has 0 aromatic carbocycles. The van der Waals surface area contributed by atoms with Crippen molar-refractivity contribution in [3.8, 4) is 0 Å². The van der Waals surface area contributed by atoms with Gasteiger partial charge < -0.3 is 10.2 Å². The fourth-order valence-electron chi connectivity index (χ4n) is 2.71. The van der Waals surface area contributed by atoms with Crippen LogP contribution in [0.1, 0.15) is 24.6 Å². The molecule has 0 bridgehead atoms. The number of thiazole rings is 1. The van der Waals surface area contributed by atoms with Gasteiger partial charge in [0.1, 0.15) is 0 Å². The summed E-state index contributed by atoms with van der Waals surface area (Å²) in [5, 5.41) is 6.02. The van der Waals surface area contributed by atoms with Gasteiger partial charge in [0.25, 0.3) is 0 Å². The molecular weight excluding hydrogens is 310 g/mol. The zero-order chi connectivity index (χ0) is 15.5. The zero-order valence-corrected chi connectivity index (χ0v) is 13.1. The lowest BCUT2D eigenvalue weighted by molar-refractivity contribution is 0.685. The Bertz CT molecular complexity index is 762. The van der Waals surface area contributed by atoms with E-state index in [1.807, 2.05) is 6.07 Å². The van der Waals surface area contributed by atoms with Crippen LogP contribution in [0.15, 0.2) is 42.3 Å². The van der Waals surface area contributed by atoms with Gasteiger partial charge in [0, 0.05) is 36.7 Å². The number of hydrogen-bond donors (Lipinski definition) is 1. The molecule has 1 saturated heterocycles. The number of nitrogens with zero attached hydrogens (tertiary/aromatic N) is 6. The first-order chi connectivity index (χ1) is 11.4. The fraction of sp³-hybridized carbons (Fsp3) is 0.267. The first-order valence-electron chi connectivity index (χ1n) is 7.43. The molecule has 1 N–H and O–H groups in total. The van der Waals surface area contributed by atoms with Crippen molar-refractivity contribution < 1.29 is 0 Å². The highest BCUT2D eigenvalue weighted by molar-refractivity contribution is 7.13. The lowest BCUT2D eigenvalue weighted by Crippen LogP contribution is -2.24. The SMILES string of the molecule is c1cnc(Nc2nc([C@H]3CCCN3c3ncccn3)cs2)nc1. The Morgan fingerprint density at radius 3 is 2.57 bits per heavy atom. The molecule has 0 unspecified atom stereocenters. The molecule has 8 heteroatoms. The van der Waals surface area contributed by atoms with E-state index in [1.165, 1.54) is 0 Å². The maximum absolute atomic E-state index is 4.69. The Balaban J connectivity index is 1.54. The molecule has 0 amide bonds. The van der Waals surface area contributed by atoms with Crippen molar-refractivity contribution in [2.45, 2.75) is 18.9 Å². The highest BCUT2D eigenvalue weighted by atomic mass is 32.1. The average molecular weight is 325 g/mol. The number of hydrogen-bond acceptors (Lipinski definition) is 8. The quantitative estimate of drug-likeness (QED) is 0.790. The van der Waals surface area contributed by atoms with Gasteiger partial charge in [-0.25, -0.2) is 24.9 Å². The van der Waals surface area contributed by atoms with Gasteiger partial charge in [-0.3, -0.25) is 0 Å². The smallest absolute Gasteiger partial charge is 0.228 e. The van der Waals surface area contributed by atoms with Crippen LogP contribution in [-0.2, 0) is 0 Å². The number of anilines is 3. The van der Waals surface area contributed by atoms with Crippen molar-refractivity contribution in [3.05, 3.63) is 48.0 Å². The van der Waals surface area contributed by atoms with Crippen LogP contribution in [0.2, 0.25) is 0 Å². The van der Waals surface area contributed by atoms with E-state index in [9.17, 15) is 0 Å². The molecule has 1 aliphatic rings. The molecule has 1 atom stereocenters. The molecule has 4 rings (SSSR count). The normalized spacial score (nSPS) is 17.4. The van der Waals surface area contributed by atoms with E-state index in [1.54, 1.807) is 42.2 Å². The summed E-state index contributed by atoms with van der Waals surface area (Å²) in [6, 6.07) is 3.84. The maximum atomic E-state index is 4.69. The Hall–Kier alpha value is -2.61. The number of nitrogens with one attached hydrogen (secondary N) is 1. The summed E-state index contributed by atoms with van der Waals surface area (Å²) in [5.74, 6) is 1.33. The summed E-state index contributed by atoms with van der Waals surface area (Å²) in [6.45, 7) is 0.955. The van der Waals surface area contributed by atoms with E-state index in [4.69, 9.17) is 4.98 Å². The van der Waals surface area contributed by atoms with Gasteiger partial charge >= 0.3 is 0 Å². The van der Waals surface area contributed by atoms with Crippen LogP contribution in [-0.4, -0.2) is 31.5 Å². The van der Waals surface area contributed by atoms with Crippen LogP contribution < -0.4 is 10.2 Å². The van der Waals surface area contributed by atoms with Crippen LogP contribution in [0.3, 0.4) is 0 Å². The minimum atomic E-state index is 0.223. The lowest BCUT2D eigenvalue weighted by atomic mass is 10.2. The van der Waals surface area contributed by atoms with Crippen LogP contribution >= 0.6 is 11.3 Å². The van der Waals surface area contributed by atoms with Gasteiger partial charge in [-0.05, 0) is 25.0 Å². The maximum Gasteiger partial charge on any atom is 0.228 e. The summed E-state index contributed by atoms with van der Waals surface area (Å²) in [6.07, 6.45) is 9.13. The van der Waals surface area contributed by atoms with Gasteiger partial charge in [0.05, 0.1) is 11.7 Å². The van der Waals surface area contributed by atoms with Gasteiger partial charge in [-0.15, -0.1) is 11.3 Å². The summed E-state index contributed by atoms with van der Waals surface area (Å²) in [7, 11) is 0. The molecule has 3 aromatic heterocycles. The van der Waals surface area contributed by atoms with Crippen LogP contribution in [0, 0.1) is 0 Å². The Morgan fingerprint density at radius 2 is 1.78 bits per heavy atom. The second-order valence-electron chi connectivity index (χ2n) is 5.18. The molecule has 4 heterocycles. The minimum absolute atomic E-state index is 0.223. The standard InChI is InChI=1S/C15H15N7S/c1-4-12(22(9-1)14-18-7-3-8-19-14)11-10-23-15(20-11)21-13-16-5-2-6-17-13/h2-3,5-8,10,12H,1,4,9H2,(H,16,17,20,21)/t12-/m1/s1. The minimum Gasteiger partial charge on any atom is -0.332 e. The van der Waals surface area contributed by atoms with E-state index >= 15 is 0 Å². The van der Waals surface area contributed by atoms with Crippen LogP contribution in [0.5, 0.6) is 0 Å². The van der Waals surface area contributed by atoms with Crippen molar-refractivity contribution in [2.75, 3.05) is 16.8 Å². The third-order valence-corrected chi connectivity index (χ3v) is 4.49. The molecule has 0 aliphatic carbocycles. The van der Waals surface area contributed by atoms with Gasteiger partial charge in [0.15, 0.2) is 5.13 Å². The largest absolute Gasteiger partial charge is 0.332 e. The van der Waals surface area contributed by atoms with Gasteiger partial charge in [-0.2, -0.15) is 0 Å². The van der Waals surface area contributed by atoms with E-state index in [0.717, 1.165) is 36.2 Å². The second kappa shape index (κ2) is 6.25. The summed E-state index contributed by atoms with van der Waals surface area (Å²) in [4.78, 5) is 24.0. The average Bonchev–Trinajstić information content (AvgIpc) is 3.25. The van der Waals surface area contributed by atoms with Crippen molar-refractivity contribution >= 4 is 28.4 Å². The molecule has 116 valence electrons. The van der Waals surface area contributed by atoms with Crippen molar-refractivity contribution in [1.82, 2.24) is 24.9 Å². The van der Waals surface area contributed by atoms with Crippen molar-refractivity contribution in [1.29, 1.82) is 0 Å². The first kappa shape index (κ1) is 14.0. The summed E-state index contributed by atoms with van der Waals surface area (Å²) in [5.41, 5.74) is 1.04. The summed E-state index contributed by atoms with van der Waals surface area (Å²) >= 11 is 1.56. The highest BCUT2D eigenvalue weighted by Gasteiger charge is 2.29. The van der Waals surface area contributed by atoms with Gasteiger partial charge in [0.2, 0.25) is 11.9 Å². The Labute approximate surface area is 137 Å². The molecule has 0 spiro atoms.